The third-order valence-electron chi connectivity index (χ3n) is 1.77. The summed E-state index contributed by atoms with van der Waals surface area (Å²) in [4.78, 5) is 14.1. The van der Waals surface area contributed by atoms with Crippen LogP contribution in [-0.4, -0.2) is 11.4 Å². The standard InChI is InChI=1S/C11H17NOS/c1-7-6-9(8(2)14-7)10(13)12-11(3,4)5/h6H,1-5H3,(H,12,13). The number of thiophene rings is 1. The molecule has 1 rings (SSSR count). The lowest BCUT2D eigenvalue weighted by atomic mass is 10.1. The summed E-state index contributed by atoms with van der Waals surface area (Å²) in [6.45, 7) is 9.96. The van der Waals surface area contributed by atoms with Gasteiger partial charge in [-0.2, -0.15) is 0 Å². The van der Waals surface area contributed by atoms with E-state index in [2.05, 4.69) is 5.32 Å². The first-order valence-electron chi connectivity index (χ1n) is 4.69. The van der Waals surface area contributed by atoms with E-state index in [9.17, 15) is 4.79 Å². The Labute approximate surface area is 89.3 Å². The van der Waals surface area contributed by atoms with E-state index in [0.29, 0.717) is 0 Å². The highest BCUT2D eigenvalue weighted by molar-refractivity contribution is 7.12. The maximum atomic E-state index is 11.8. The molecule has 1 aromatic rings. The second kappa shape index (κ2) is 3.73. The smallest absolute Gasteiger partial charge is 0.252 e. The molecule has 0 aliphatic rings. The van der Waals surface area contributed by atoms with Gasteiger partial charge in [0, 0.05) is 15.3 Å². The van der Waals surface area contributed by atoms with Crippen molar-refractivity contribution in [1.82, 2.24) is 5.32 Å². The summed E-state index contributed by atoms with van der Waals surface area (Å²) in [6, 6.07) is 1.95. The Morgan fingerprint density at radius 2 is 1.93 bits per heavy atom. The number of rotatable bonds is 1. The summed E-state index contributed by atoms with van der Waals surface area (Å²) in [7, 11) is 0. The minimum absolute atomic E-state index is 0.0272. The van der Waals surface area contributed by atoms with Crippen LogP contribution in [0, 0.1) is 13.8 Å². The van der Waals surface area contributed by atoms with Crippen molar-refractivity contribution in [2.45, 2.75) is 40.2 Å². The lowest BCUT2D eigenvalue weighted by molar-refractivity contribution is 0.0919. The highest BCUT2D eigenvalue weighted by atomic mass is 32.1. The highest BCUT2D eigenvalue weighted by Crippen LogP contribution is 2.20. The number of hydrogen-bond acceptors (Lipinski definition) is 2. The molecule has 0 bridgehead atoms. The molecule has 1 N–H and O–H groups in total. The van der Waals surface area contributed by atoms with E-state index >= 15 is 0 Å². The molecular formula is C11H17NOS. The van der Waals surface area contributed by atoms with Crippen LogP contribution in [0.25, 0.3) is 0 Å². The first-order chi connectivity index (χ1) is 6.29. The number of carbonyl (C=O) groups excluding carboxylic acids is 1. The maximum absolute atomic E-state index is 11.8. The fraction of sp³-hybridized carbons (Fsp3) is 0.545. The molecular weight excluding hydrogens is 194 g/mol. The Morgan fingerprint density at radius 3 is 2.29 bits per heavy atom. The first-order valence-corrected chi connectivity index (χ1v) is 5.51. The molecule has 0 aliphatic carbocycles. The number of nitrogens with one attached hydrogen (secondary N) is 1. The molecule has 0 unspecified atom stereocenters. The SMILES string of the molecule is Cc1cc(C(=O)NC(C)(C)C)c(C)s1. The first kappa shape index (κ1) is 11.2. The topological polar surface area (TPSA) is 29.1 Å². The minimum Gasteiger partial charge on any atom is -0.347 e. The average Bonchev–Trinajstić information content (AvgIpc) is 2.26. The molecule has 1 heterocycles. The number of aryl methyl sites for hydroxylation is 2. The zero-order valence-corrected chi connectivity index (χ0v) is 10.2. The average molecular weight is 211 g/mol. The van der Waals surface area contributed by atoms with Gasteiger partial charge in [0.15, 0.2) is 0 Å². The van der Waals surface area contributed by atoms with Gasteiger partial charge in [0.1, 0.15) is 0 Å². The number of amides is 1. The molecule has 0 fully saturated rings. The van der Waals surface area contributed by atoms with Gasteiger partial charge in [-0.05, 0) is 40.7 Å². The van der Waals surface area contributed by atoms with E-state index in [-0.39, 0.29) is 11.4 Å². The lowest BCUT2D eigenvalue weighted by Crippen LogP contribution is -2.40. The van der Waals surface area contributed by atoms with Gasteiger partial charge < -0.3 is 5.32 Å². The van der Waals surface area contributed by atoms with Crippen LogP contribution in [0.1, 0.15) is 40.9 Å². The molecule has 3 heteroatoms. The van der Waals surface area contributed by atoms with Crippen LogP contribution in [0.3, 0.4) is 0 Å². The van der Waals surface area contributed by atoms with Gasteiger partial charge in [-0.3, -0.25) is 4.79 Å². The highest BCUT2D eigenvalue weighted by Gasteiger charge is 2.17. The molecule has 78 valence electrons. The van der Waals surface area contributed by atoms with Gasteiger partial charge in [0.05, 0.1) is 5.56 Å². The largest absolute Gasteiger partial charge is 0.347 e. The van der Waals surface area contributed by atoms with Crippen molar-refractivity contribution in [3.63, 3.8) is 0 Å². The second-order valence-corrected chi connectivity index (χ2v) is 5.99. The van der Waals surface area contributed by atoms with Gasteiger partial charge in [0.2, 0.25) is 0 Å². The van der Waals surface area contributed by atoms with E-state index in [1.807, 2.05) is 40.7 Å². The Kier molecular flexibility index (Phi) is 3.00. The van der Waals surface area contributed by atoms with Crippen LogP contribution in [0.4, 0.5) is 0 Å². The van der Waals surface area contributed by atoms with Crippen molar-refractivity contribution >= 4 is 17.2 Å². The van der Waals surface area contributed by atoms with E-state index in [1.54, 1.807) is 11.3 Å². The molecule has 0 spiro atoms. The fourth-order valence-electron chi connectivity index (χ4n) is 1.26. The van der Waals surface area contributed by atoms with Crippen LogP contribution < -0.4 is 5.32 Å². The quantitative estimate of drug-likeness (QED) is 0.760. The summed E-state index contributed by atoms with van der Waals surface area (Å²) in [6.07, 6.45) is 0. The minimum atomic E-state index is -0.167. The van der Waals surface area contributed by atoms with Crippen LogP contribution in [0.2, 0.25) is 0 Å². The summed E-state index contributed by atoms with van der Waals surface area (Å²) in [5.74, 6) is 0.0272. The molecule has 0 aliphatic heterocycles. The van der Waals surface area contributed by atoms with Crippen LogP contribution in [0.5, 0.6) is 0 Å². The Morgan fingerprint density at radius 1 is 1.36 bits per heavy atom. The molecule has 0 atom stereocenters. The van der Waals surface area contributed by atoms with Gasteiger partial charge in [-0.25, -0.2) is 0 Å². The van der Waals surface area contributed by atoms with Crippen LogP contribution >= 0.6 is 11.3 Å². The fourth-order valence-corrected chi connectivity index (χ4v) is 2.19. The van der Waals surface area contributed by atoms with Crippen molar-refractivity contribution in [1.29, 1.82) is 0 Å². The van der Waals surface area contributed by atoms with Crippen molar-refractivity contribution in [3.8, 4) is 0 Å². The van der Waals surface area contributed by atoms with Gasteiger partial charge in [0.25, 0.3) is 5.91 Å². The lowest BCUT2D eigenvalue weighted by Gasteiger charge is -2.20. The molecule has 2 nitrogen and oxygen atoms in total. The maximum Gasteiger partial charge on any atom is 0.252 e. The van der Waals surface area contributed by atoms with Crippen LogP contribution in [0.15, 0.2) is 6.07 Å². The number of carbonyl (C=O) groups is 1. The Balaban J connectivity index is 2.85. The monoisotopic (exact) mass is 211 g/mol. The van der Waals surface area contributed by atoms with E-state index in [4.69, 9.17) is 0 Å². The zero-order chi connectivity index (χ0) is 10.9. The zero-order valence-electron chi connectivity index (χ0n) is 9.39. The molecule has 0 aromatic carbocycles. The number of hydrogen-bond donors (Lipinski definition) is 1. The van der Waals surface area contributed by atoms with Crippen molar-refractivity contribution in [2.24, 2.45) is 0 Å². The predicted molar refractivity (Wildman–Crippen MR) is 61.0 cm³/mol. The molecule has 0 saturated heterocycles. The van der Waals surface area contributed by atoms with E-state index < -0.39 is 0 Å². The summed E-state index contributed by atoms with van der Waals surface area (Å²) < 4.78 is 0. The van der Waals surface area contributed by atoms with Gasteiger partial charge in [-0.15, -0.1) is 11.3 Å². The molecule has 1 aromatic heterocycles. The normalized spacial score (nSPS) is 11.5. The molecule has 0 saturated carbocycles. The summed E-state index contributed by atoms with van der Waals surface area (Å²) >= 11 is 1.66. The molecule has 1 amide bonds. The van der Waals surface area contributed by atoms with Crippen molar-refractivity contribution < 1.29 is 4.79 Å². The third kappa shape index (κ3) is 2.84. The van der Waals surface area contributed by atoms with E-state index in [1.165, 1.54) is 4.88 Å². The van der Waals surface area contributed by atoms with Gasteiger partial charge in [-0.1, -0.05) is 0 Å². The second-order valence-electron chi connectivity index (χ2n) is 4.53. The Bertz CT molecular complexity index is 347. The van der Waals surface area contributed by atoms with Gasteiger partial charge >= 0.3 is 0 Å². The summed E-state index contributed by atoms with van der Waals surface area (Å²) in [5, 5.41) is 2.96. The van der Waals surface area contributed by atoms with Crippen molar-refractivity contribution in [2.75, 3.05) is 0 Å². The predicted octanol–water partition coefficient (Wildman–Crippen LogP) is 2.89. The Hall–Kier alpha value is -0.830. The van der Waals surface area contributed by atoms with Crippen molar-refractivity contribution in [3.05, 3.63) is 21.4 Å². The van der Waals surface area contributed by atoms with E-state index in [0.717, 1.165) is 10.4 Å². The molecule has 14 heavy (non-hydrogen) atoms. The molecule has 0 radical (unpaired) electrons. The third-order valence-corrected chi connectivity index (χ3v) is 2.74. The summed E-state index contributed by atoms with van der Waals surface area (Å²) in [5.41, 5.74) is 0.641. The van der Waals surface area contributed by atoms with Crippen LogP contribution in [-0.2, 0) is 0 Å².